The molecule has 8 nitrogen and oxygen atoms in total. The van der Waals surface area contributed by atoms with Gasteiger partial charge in [-0.2, -0.15) is 0 Å². The standard InChI is InChI=1S/C24H25N5O3/c1-27-20-10-16(15-2-5-17(6-3-15)28-13-24(14-28)11-25-12-24)4-7-18(20)29(23(27)32)19-8-9-21(30)26-22(19)31/h2-7,10,19,25H,8-9,11-14H2,1H3,(H,26,30,31). The number of imide groups is 1. The van der Waals surface area contributed by atoms with Crippen LogP contribution in [0.15, 0.2) is 47.3 Å². The van der Waals surface area contributed by atoms with Gasteiger partial charge in [-0.05, 0) is 41.8 Å². The third kappa shape index (κ3) is 2.82. The molecular weight excluding hydrogens is 406 g/mol. The molecule has 2 N–H and O–H groups in total. The van der Waals surface area contributed by atoms with Gasteiger partial charge in [-0.3, -0.25) is 24.0 Å². The van der Waals surface area contributed by atoms with Crippen LogP contribution in [0, 0.1) is 5.41 Å². The largest absolute Gasteiger partial charge is 0.370 e. The number of nitrogens with one attached hydrogen (secondary N) is 2. The van der Waals surface area contributed by atoms with E-state index in [1.54, 1.807) is 11.6 Å². The molecule has 1 aromatic heterocycles. The van der Waals surface area contributed by atoms with Crippen LogP contribution in [0.2, 0.25) is 0 Å². The number of carbonyl (C=O) groups excluding carboxylic acids is 2. The Labute approximate surface area is 184 Å². The highest BCUT2D eigenvalue weighted by Crippen LogP contribution is 2.38. The lowest BCUT2D eigenvalue weighted by atomic mass is 9.74. The van der Waals surface area contributed by atoms with Crippen molar-refractivity contribution in [1.82, 2.24) is 19.8 Å². The fourth-order valence-electron chi connectivity index (χ4n) is 5.29. The first-order valence-electron chi connectivity index (χ1n) is 11.0. The maximum atomic E-state index is 13.0. The minimum atomic E-state index is -0.667. The van der Waals surface area contributed by atoms with Crippen molar-refractivity contribution in [1.29, 1.82) is 0 Å². The summed E-state index contributed by atoms with van der Waals surface area (Å²) >= 11 is 0. The smallest absolute Gasteiger partial charge is 0.329 e. The van der Waals surface area contributed by atoms with Crippen molar-refractivity contribution >= 4 is 28.5 Å². The Bertz CT molecular complexity index is 1310. The molecule has 4 heterocycles. The van der Waals surface area contributed by atoms with Crippen LogP contribution in [-0.2, 0) is 16.6 Å². The van der Waals surface area contributed by atoms with Crippen LogP contribution in [0.1, 0.15) is 18.9 Å². The van der Waals surface area contributed by atoms with Gasteiger partial charge in [0.2, 0.25) is 11.8 Å². The number of hydrogen-bond donors (Lipinski definition) is 2. The Kier molecular flexibility index (Phi) is 4.10. The van der Waals surface area contributed by atoms with Gasteiger partial charge >= 0.3 is 5.69 Å². The van der Waals surface area contributed by atoms with Crippen molar-refractivity contribution in [2.45, 2.75) is 18.9 Å². The van der Waals surface area contributed by atoms with Crippen molar-refractivity contribution in [2.75, 3.05) is 31.1 Å². The first-order chi connectivity index (χ1) is 15.4. The number of fused-ring (bicyclic) bond motifs is 1. The maximum Gasteiger partial charge on any atom is 0.329 e. The molecule has 164 valence electrons. The number of nitrogens with zero attached hydrogens (tertiary/aromatic N) is 3. The van der Waals surface area contributed by atoms with E-state index >= 15 is 0 Å². The van der Waals surface area contributed by atoms with Crippen molar-refractivity contribution in [2.24, 2.45) is 12.5 Å². The zero-order valence-corrected chi connectivity index (χ0v) is 17.9. The predicted octanol–water partition coefficient (Wildman–Crippen LogP) is 1.39. The Morgan fingerprint density at radius 3 is 2.31 bits per heavy atom. The SMILES string of the molecule is Cn1c(=O)n(C2CCC(=O)NC2=O)c2ccc(-c3ccc(N4CC5(CNC5)C4)cc3)cc21. The number of imidazole rings is 1. The number of rotatable bonds is 3. The highest BCUT2D eigenvalue weighted by Gasteiger charge is 2.47. The molecular formula is C24H25N5O3. The van der Waals surface area contributed by atoms with Gasteiger partial charge in [-0.15, -0.1) is 0 Å². The molecule has 1 spiro atoms. The molecule has 3 aliphatic rings. The molecule has 2 amide bonds. The van der Waals surface area contributed by atoms with Crippen molar-refractivity contribution in [3.05, 3.63) is 52.9 Å². The Hall–Kier alpha value is -3.39. The van der Waals surface area contributed by atoms with Crippen LogP contribution in [0.25, 0.3) is 22.2 Å². The molecule has 32 heavy (non-hydrogen) atoms. The summed E-state index contributed by atoms with van der Waals surface area (Å²) in [6, 6.07) is 13.8. The molecule has 3 aliphatic heterocycles. The molecule has 3 aromatic rings. The summed E-state index contributed by atoms with van der Waals surface area (Å²) in [7, 11) is 1.72. The van der Waals surface area contributed by atoms with E-state index in [2.05, 4.69) is 39.8 Å². The van der Waals surface area contributed by atoms with E-state index in [1.165, 1.54) is 10.3 Å². The molecule has 2 aromatic carbocycles. The highest BCUT2D eigenvalue weighted by atomic mass is 16.2. The number of piperidine rings is 1. The topological polar surface area (TPSA) is 88.4 Å². The lowest BCUT2D eigenvalue weighted by molar-refractivity contribution is -0.135. The first kappa shape index (κ1) is 19.3. The molecule has 8 heteroatoms. The summed E-state index contributed by atoms with van der Waals surface area (Å²) in [5.74, 6) is -0.705. The Balaban J connectivity index is 1.30. The predicted molar refractivity (Wildman–Crippen MR) is 122 cm³/mol. The van der Waals surface area contributed by atoms with Gasteiger partial charge in [0.15, 0.2) is 0 Å². The molecule has 0 aliphatic carbocycles. The molecule has 0 bridgehead atoms. The van der Waals surface area contributed by atoms with E-state index in [0.717, 1.165) is 42.8 Å². The Morgan fingerprint density at radius 2 is 1.66 bits per heavy atom. The van der Waals surface area contributed by atoms with E-state index < -0.39 is 11.9 Å². The Morgan fingerprint density at radius 1 is 0.938 bits per heavy atom. The number of benzene rings is 2. The molecule has 6 rings (SSSR count). The lowest BCUT2D eigenvalue weighted by Gasteiger charge is -2.57. The molecule has 0 radical (unpaired) electrons. The number of hydrogen-bond acceptors (Lipinski definition) is 5. The molecule has 0 saturated carbocycles. The van der Waals surface area contributed by atoms with Gasteiger partial charge in [0.25, 0.3) is 0 Å². The fraction of sp³-hybridized carbons (Fsp3) is 0.375. The minimum Gasteiger partial charge on any atom is -0.370 e. The van der Waals surface area contributed by atoms with E-state index in [-0.39, 0.29) is 18.0 Å². The average Bonchev–Trinajstić information content (AvgIpc) is 2.97. The van der Waals surface area contributed by atoms with E-state index in [4.69, 9.17) is 0 Å². The summed E-state index contributed by atoms with van der Waals surface area (Å²) in [6.07, 6.45) is 0.569. The van der Waals surface area contributed by atoms with Crippen LogP contribution in [-0.4, -0.2) is 47.1 Å². The monoisotopic (exact) mass is 431 g/mol. The van der Waals surface area contributed by atoms with E-state index in [0.29, 0.717) is 17.4 Å². The second kappa shape index (κ2) is 6.80. The summed E-state index contributed by atoms with van der Waals surface area (Å²) in [5, 5.41) is 5.72. The van der Waals surface area contributed by atoms with Gasteiger partial charge in [0.05, 0.1) is 11.0 Å². The van der Waals surface area contributed by atoms with Gasteiger partial charge in [0, 0.05) is 50.7 Å². The summed E-state index contributed by atoms with van der Waals surface area (Å²) in [5.41, 5.74) is 5.05. The fourth-order valence-corrected chi connectivity index (χ4v) is 5.29. The van der Waals surface area contributed by atoms with Crippen LogP contribution in [0.5, 0.6) is 0 Å². The van der Waals surface area contributed by atoms with Crippen molar-refractivity contribution in [3.8, 4) is 11.1 Å². The third-order valence-electron chi connectivity index (χ3n) is 7.23. The first-order valence-corrected chi connectivity index (χ1v) is 11.0. The number of aromatic nitrogens is 2. The van der Waals surface area contributed by atoms with Crippen LogP contribution < -0.4 is 21.2 Å². The highest BCUT2D eigenvalue weighted by molar-refractivity contribution is 6.00. The van der Waals surface area contributed by atoms with Crippen LogP contribution in [0.4, 0.5) is 5.69 Å². The summed E-state index contributed by atoms with van der Waals surface area (Å²) in [6.45, 7) is 4.47. The average molecular weight is 431 g/mol. The summed E-state index contributed by atoms with van der Waals surface area (Å²) < 4.78 is 3.09. The summed E-state index contributed by atoms with van der Waals surface area (Å²) in [4.78, 5) is 39.3. The quantitative estimate of drug-likeness (QED) is 0.612. The normalized spacial score (nSPS) is 22.0. The second-order valence-corrected chi connectivity index (χ2v) is 9.39. The van der Waals surface area contributed by atoms with Crippen LogP contribution >= 0.6 is 0 Å². The number of amides is 2. The number of aryl methyl sites for hydroxylation is 1. The zero-order chi connectivity index (χ0) is 22.0. The van der Waals surface area contributed by atoms with E-state index in [1.807, 2.05) is 18.2 Å². The minimum absolute atomic E-state index is 0.234. The van der Waals surface area contributed by atoms with Crippen LogP contribution in [0.3, 0.4) is 0 Å². The zero-order valence-electron chi connectivity index (χ0n) is 17.9. The van der Waals surface area contributed by atoms with Crippen molar-refractivity contribution in [3.63, 3.8) is 0 Å². The molecule has 3 saturated heterocycles. The number of anilines is 1. The second-order valence-electron chi connectivity index (χ2n) is 9.39. The van der Waals surface area contributed by atoms with Gasteiger partial charge < -0.3 is 10.2 Å². The van der Waals surface area contributed by atoms with E-state index in [9.17, 15) is 14.4 Å². The van der Waals surface area contributed by atoms with Gasteiger partial charge in [-0.25, -0.2) is 4.79 Å². The van der Waals surface area contributed by atoms with Crippen molar-refractivity contribution < 1.29 is 9.59 Å². The lowest BCUT2D eigenvalue weighted by Crippen LogP contribution is -2.71. The number of carbonyl (C=O) groups is 2. The third-order valence-corrected chi connectivity index (χ3v) is 7.23. The molecule has 1 atom stereocenters. The molecule has 3 fully saturated rings. The molecule has 1 unspecified atom stereocenters. The van der Waals surface area contributed by atoms with Gasteiger partial charge in [-0.1, -0.05) is 18.2 Å². The van der Waals surface area contributed by atoms with Gasteiger partial charge in [0.1, 0.15) is 6.04 Å². The maximum absolute atomic E-state index is 13.0.